The lowest BCUT2D eigenvalue weighted by molar-refractivity contribution is -0.141. The molecule has 0 spiro atoms. The van der Waals surface area contributed by atoms with Crippen LogP contribution in [0.5, 0.6) is 0 Å². The second kappa shape index (κ2) is 24.8. The van der Waals surface area contributed by atoms with Crippen molar-refractivity contribution in [1.29, 1.82) is 0 Å². The molecule has 66 heavy (non-hydrogen) atoms. The molecule has 6 nitrogen and oxygen atoms in total. The van der Waals surface area contributed by atoms with Crippen molar-refractivity contribution in [2.75, 3.05) is 6.61 Å². The molecule has 0 saturated heterocycles. The Morgan fingerprint density at radius 3 is 1.58 bits per heavy atom. The van der Waals surface area contributed by atoms with E-state index in [4.69, 9.17) is 22.4 Å². The highest BCUT2D eigenvalue weighted by Crippen LogP contribution is 2.44. The van der Waals surface area contributed by atoms with Gasteiger partial charge in [0.1, 0.15) is 0 Å². The maximum absolute atomic E-state index is 14.2. The van der Waals surface area contributed by atoms with E-state index >= 15 is 0 Å². The summed E-state index contributed by atoms with van der Waals surface area (Å²) < 4.78 is 35.8. The molecule has 1 aliphatic heterocycles. The van der Waals surface area contributed by atoms with Crippen molar-refractivity contribution < 1.29 is 27.2 Å². The molecule has 0 aromatic rings. The monoisotopic (exact) mass is 989 g/mol. The first-order valence-electron chi connectivity index (χ1n) is 25.8. The number of carbonyl (C=O) groups is 1. The molecule has 0 aromatic heterocycles. The predicted octanol–water partition coefficient (Wildman–Crippen LogP) is 17.3. The van der Waals surface area contributed by atoms with E-state index in [0.29, 0.717) is 24.0 Å². The zero-order valence-corrected chi connectivity index (χ0v) is 52.1. The van der Waals surface area contributed by atoms with Gasteiger partial charge >= 0.3 is 5.97 Å². The molecule has 384 valence electrons. The van der Waals surface area contributed by atoms with E-state index in [1.165, 1.54) is 0 Å². The standard InChI is InChI=1S/C56H108O6Si4/c1-28-29-31-42(3)48-33-30-32-43(4)50(61-65(24,25)55(14,15)16)39-47(59-63(20,21)53(8,9)10)36-35-44(5)51(62-66(26,27)56(17,18)19)45(6)38-41(2)34-37-49(46(7)40-58-52(48)57)60-64(22,23)54(11,12)13/h28-33,35-36,41-47,49-51H,1,34,37-40H2,2-27H3/t41-,42-,43-,44-,45+,46-,47+,49+,50-,51-/m0/s1. The lowest BCUT2D eigenvalue weighted by Crippen LogP contribution is -2.48. The lowest BCUT2D eigenvalue weighted by Gasteiger charge is -2.44. The number of hydrogen-bond acceptors (Lipinski definition) is 6. The third kappa shape index (κ3) is 19.2. The van der Waals surface area contributed by atoms with Gasteiger partial charge in [0.25, 0.3) is 0 Å². The fourth-order valence-electron chi connectivity index (χ4n) is 7.50. The van der Waals surface area contributed by atoms with Crippen molar-refractivity contribution in [3.05, 3.63) is 60.8 Å². The summed E-state index contributed by atoms with van der Waals surface area (Å²) >= 11 is 0. The first-order valence-corrected chi connectivity index (χ1v) is 37.5. The normalized spacial score (nSPS) is 28.3. The summed E-state index contributed by atoms with van der Waals surface area (Å²) in [6, 6.07) is 0. The third-order valence-corrected chi connectivity index (χ3v) is 34.5. The van der Waals surface area contributed by atoms with Gasteiger partial charge in [-0.25, -0.2) is 4.79 Å². The van der Waals surface area contributed by atoms with Crippen LogP contribution < -0.4 is 0 Å². The molecule has 0 aliphatic carbocycles. The topological polar surface area (TPSA) is 63.2 Å². The Kier molecular flexibility index (Phi) is 23.6. The van der Waals surface area contributed by atoms with Gasteiger partial charge in [-0.15, -0.1) is 0 Å². The minimum Gasteiger partial charge on any atom is -0.462 e. The molecule has 0 unspecified atom stereocenters. The number of carbonyl (C=O) groups excluding carboxylic acids is 1. The average Bonchev–Trinajstić information content (AvgIpc) is 3.14. The summed E-state index contributed by atoms with van der Waals surface area (Å²) in [5.41, 5.74) is 0.614. The number of ether oxygens (including phenoxy) is 1. The summed E-state index contributed by atoms with van der Waals surface area (Å²) in [7, 11) is -8.72. The summed E-state index contributed by atoms with van der Waals surface area (Å²) in [4.78, 5) is 14.2. The largest absolute Gasteiger partial charge is 0.462 e. The Morgan fingerprint density at radius 1 is 0.621 bits per heavy atom. The van der Waals surface area contributed by atoms with Crippen molar-refractivity contribution in [1.82, 2.24) is 0 Å². The molecule has 0 amide bonds. The van der Waals surface area contributed by atoms with E-state index in [9.17, 15) is 4.79 Å². The fourth-order valence-corrected chi connectivity index (χ4v) is 13.2. The second-order valence-electron chi connectivity index (χ2n) is 26.8. The molecular formula is C56H108O6Si4. The molecule has 1 rings (SSSR count). The Bertz CT molecular complexity index is 1630. The number of rotatable bonds is 11. The summed E-state index contributed by atoms with van der Waals surface area (Å²) in [5.74, 6) is 0.541. The van der Waals surface area contributed by atoms with Crippen molar-refractivity contribution >= 4 is 39.2 Å². The van der Waals surface area contributed by atoms with Crippen LogP contribution in [0.15, 0.2) is 60.8 Å². The molecule has 10 heteroatoms. The maximum Gasteiger partial charge on any atom is 0.334 e. The van der Waals surface area contributed by atoms with Crippen LogP contribution in [-0.2, 0) is 27.2 Å². The van der Waals surface area contributed by atoms with E-state index in [-0.39, 0.29) is 74.2 Å². The summed E-state index contributed by atoms with van der Waals surface area (Å²) in [5, 5.41) is 0.192. The van der Waals surface area contributed by atoms with E-state index in [1.807, 2.05) is 31.2 Å². The van der Waals surface area contributed by atoms with Crippen molar-refractivity contribution in [2.24, 2.45) is 35.5 Å². The first kappa shape index (κ1) is 62.9. The molecule has 0 bridgehead atoms. The van der Waals surface area contributed by atoms with Crippen LogP contribution in [-0.4, -0.2) is 70.3 Å². The molecule has 10 atom stereocenters. The summed E-state index contributed by atoms with van der Waals surface area (Å²) in [6.07, 6.45) is 20.2. The smallest absolute Gasteiger partial charge is 0.334 e. The van der Waals surface area contributed by atoms with Crippen LogP contribution in [0.1, 0.15) is 150 Å². The Morgan fingerprint density at radius 2 is 1.09 bits per heavy atom. The molecule has 0 N–H and O–H groups in total. The van der Waals surface area contributed by atoms with Gasteiger partial charge < -0.3 is 22.4 Å². The maximum atomic E-state index is 14.2. The van der Waals surface area contributed by atoms with Crippen LogP contribution in [0.3, 0.4) is 0 Å². The number of esters is 1. The minimum atomic E-state index is -2.23. The highest BCUT2D eigenvalue weighted by atomic mass is 28.4. The van der Waals surface area contributed by atoms with E-state index < -0.39 is 33.3 Å². The van der Waals surface area contributed by atoms with Crippen molar-refractivity contribution in [2.45, 2.75) is 247 Å². The van der Waals surface area contributed by atoms with E-state index in [2.05, 4.69) is 195 Å². The van der Waals surface area contributed by atoms with Gasteiger partial charge in [-0.3, -0.25) is 0 Å². The van der Waals surface area contributed by atoms with Gasteiger partial charge in [0, 0.05) is 23.8 Å². The highest BCUT2D eigenvalue weighted by Gasteiger charge is 2.45. The van der Waals surface area contributed by atoms with E-state index in [0.717, 1.165) is 25.7 Å². The van der Waals surface area contributed by atoms with Crippen LogP contribution in [0.25, 0.3) is 0 Å². The molecule has 1 heterocycles. The number of allylic oxidation sites excluding steroid dienone is 5. The summed E-state index contributed by atoms with van der Waals surface area (Å²) in [6.45, 7) is 64.6. The minimum absolute atomic E-state index is 0.0224. The molecule has 0 fully saturated rings. The second-order valence-corrected chi connectivity index (χ2v) is 45.8. The third-order valence-electron chi connectivity index (χ3n) is 16.5. The number of cyclic esters (lactones) is 1. The predicted molar refractivity (Wildman–Crippen MR) is 298 cm³/mol. The van der Waals surface area contributed by atoms with Gasteiger partial charge in [0.2, 0.25) is 0 Å². The molecule has 1 aliphatic rings. The molecule has 0 radical (unpaired) electrons. The average molecular weight is 990 g/mol. The van der Waals surface area contributed by atoms with Crippen LogP contribution >= 0.6 is 0 Å². The van der Waals surface area contributed by atoms with Crippen molar-refractivity contribution in [3.63, 3.8) is 0 Å². The highest BCUT2D eigenvalue weighted by molar-refractivity contribution is 6.75. The Hall–Kier alpha value is -1.12. The SMILES string of the molecule is C=CC=C[C@H](C)C1=CC=C[C@H](C)[C@@H](O[Si](C)(C)C(C)(C)C)C[C@H](O[Si](C)(C)C(C)(C)C)C=C[C@H](C)[C@H](O[Si](C)(C)C(C)(C)C)[C@H](C)C[C@@H](C)CC[C@@H](O[Si](C)(C)C(C)(C)C)[C@@H](C)COC1=O. The molecule has 0 aromatic carbocycles. The molecule has 0 saturated carbocycles. The van der Waals surface area contributed by atoms with Crippen molar-refractivity contribution in [3.8, 4) is 0 Å². The van der Waals surface area contributed by atoms with Gasteiger partial charge in [0.15, 0.2) is 33.3 Å². The van der Waals surface area contributed by atoms with Gasteiger partial charge in [0.05, 0.1) is 31.0 Å². The Balaban J connectivity index is 4.23. The van der Waals surface area contributed by atoms with Gasteiger partial charge in [-0.2, -0.15) is 0 Å². The van der Waals surface area contributed by atoms with Gasteiger partial charge in [-0.05, 0) is 115 Å². The zero-order valence-electron chi connectivity index (χ0n) is 48.1. The van der Waals surface area contributed by atoms with Gasteiger partial charge in [-0.1, -0.05) is 180 Å². The quantitative estimate of drug-likeness (QED) is 0.0890. The first-order chi connectivity index (χ1) is 29.6. The lowest BCUT2D eigenvalue weighted by atomic mass is 9.84. The molecular weight excluding hydrogens is 881 g/mol. The Labute approximate surface area is 414 Å². The van der Waals surface area contributed by atoms with Crippen LogP contribution in [0, 0.1) is 35.5 Å². The van der Waals surface area contributed by atoms with Crippen LogP contribution in [0.4, 0.5) is 0 Å². The fraction of sp³-hybridized carbons (Fsp3) is 0.804. The zero-order chi connectivity index (χ0) is 51.7. The number of hydrogen-bond donors (Lipinski definition) is 0. The van der Waals surface area contributed by atoms with Crippen LogP contribution in [0.2, 0.25) is 72.5 Å². The van der Waals surface area contributed by atoms with E-state index in [1.54, 1.807) is 6.08 Å².